The molecule has 0 aromatic rings. The number of nitrogens with zero attached hydrogens (tertiary/aromatic N) is 3. The molecule has 5 aliphatic rings. The minimum atomic E-state index is -2.74. The number of amides is 4. The highest BCUT2D eigenvalue weighted by atomic mass is 19.3. The van der Waals surface area contributed by atoms with E-state index in [9.17, 15) is 38.2 Å². The molecule has 7 atom stereocenters. The van der Waals surface area contributed by atoms with Gasteiger partial charge in [0, 0.05) is 57.5 Å². The molecule has 4 amide bonds. The van der Waals surface area contributed by atoms with Crippen LogP contribution in [-0.4, -0.2) is 136 Å². The maximum absolute atomic E-state index is 14.1. The maximum Gasteiger partial charge on any atom is 0.248 e. The third kappa shape index (κ3) is 7.12. The van der Waals surface area contributed by atoms with E-state index in [-0.39, 0.29) is 94.4 Å². The van der Waals surface area contributed by atoms with Gasteiger partial charge < -0.3 is 35.4 Å². The third-order valence-electron chi connectivity index (χ3n) is 9.47. The number of ether oxygens (including phenoxy) is 1. The molecule has 5 rings (SSSR count). The summed E-state index contributed by atoms with van der Waals surface area (Å²) < 4.78 is 33.8. The summed E-state index contributed by atoms with van der Waals surface area (Å²) in [5, 5.41) is 26.8. The number of nitrogens with one attached hydrogen (secondary N) is 2. The molecule has 0 aromatic carbocycles. The van der Waals surface area contributed by atoms with Gasteiger partial charge in [-0.15, -0.1) is 0 Å². The maximum atomic E-state index is 14.1. The number of alkyl halides is 2. The van der Waals surface area contributed by atoms with E-state index in [1.54, 1.807) is 4.90 Å². The van der Waals surface area contributed by atoms with Crippen molar-refractivity contribution in [3.63, 3.8) is 0 Å². The summed E-state index contributed by atoms with van der Waals surface area (Å²) in [4.78, 5) is 58.9. The molecular weight excluding hydrogens is 568 g/mol. The SMILES string of the molecule is CC(C)(C)CC(=O)N1CCN2C[C@H]1C(=O)NC[C@H]1O[C@@H](CC(=O)N[C@H]3C[C@@H](C2=O)N(C2CCC(F)(F)CC2)C3)[C@H](O)[C@@H]1O. The van der Waals surface area contributed by atoms with E-state index in [0.29, 0.717) is 6.54 Å². The molecule has 1 aliphatic carbocycles. The van der Waals surface area contributed by atoms with Crippen molar-refractivity contribution in [2.45, 2.75) is 120 Å². The van der Waals surface area contributed by atoms with E-state index in [1.807, 2.05) is 25.7 Å². The molecule has 12 nitrogen and oxygen atoms in total. The van der Waals surface area contributed by atoms with Crippen LogP contribution in [0.3, 0.4) is 0 Å². The molecule has 43 heavy (non-hydrogen) atoms. The van der Waals surface area contributed by atoms with Crippen molar-refractivity contribution in [3.8, 4) is 0 Å². The van der Waals surface area contributed by atoms with Crippen LogP contribution in [0.15, 0.2) is 0 Å². The van der Waals surface area contributed by atoms with Crippen LogP contribution >= 0.6 is 0 Å². The minimum absolute atomic E-state index is 0.0516. The first-order valence-electron chi connectivity index (χ1n) is 15.4. The Kier molecular flexibility index (Phi) is 9.05. The van der Waals surface area contributed by atoms with E-state index in [1.165, 1.54) is 4.90 Å². The largest absolute Gasteiger partial charge is 0.388 e. The number of piperazine rings is 1. The van der Waals surface area contributed by atoms with Crippen molar-refractivity contribution in [1.82, 2.24) is 25.3 Å². The second kappa shape index (κ2) is 12.2. The number of aliphatic hydroxyl groups excluding tert-OH is 2. The van der Waals surface area contributed by atoms with E-state index in [2.05, 4.69) is 10.6 Å². The third-order valence-corrected chi connectivity index (χ3v) is 9.47. The molecule has 5 fully saturated rings. The number of fused-ring (bicyclic) bond motifs is 6. The fourth-order valence-electron chi connectivity index (χ4n) is 7.19. The monoisotopic (exact) mass is 613 g/mol. The van der Waals surface area contributed by atoms with Gasteiger partial charge in [0.1, 0.15) is 24.4 Å². The van der Waals surface area contributed by atoms with E-state index < -0.39 is 60.3 Å². The fourth-order valence-corrected chi connectivity index (χ4v) is 7.19. The van der Waals surface area contributed by atoms with Crippen LogP contribution < -0.4 is 10.6 Å². The van der Waals surface area contributed by atoms with Crippen LogP contribution in [0.5, 0.6) is 0 Å². The molecule has 4 N–H and O–H groups in total. The lowest BCUT2D eigenvalue weighted by atomic mass is 9.90. The second-order valence-electron chi connectivity index (χ2n) is 14.1. The van der Waals surface area contributed by atoms with Crippen molar-refractivity contribution < 1.29 is 42.9 Å². The zero-order valence-corrected chi connectivity index (χ0v) is 25.1. The summed E-state index contributed by atoms with van der Waals surface area (Å²) in [7, 11) is 0. The molecule has 0 aromatic heterocycles. The number of likely N-dealkylation sites (tertiary alicyclic amines) is 1. The average molecular weight is 614 g/mol. The summed E-state index contributed by atoms with van der Waals surface area (Å²) in [6.45, 7) is 6.22. The standard InChI is InChI=1S/C29H45F2N5O7/c1-28(2,3)12-23(38)35-9-8-34-15-19(35)26(41)32-13-21-25(40)24(39)20(43-21)11-22(37)33-16-10-18(27(34)42)36(14-16)17-4-6-29(30,31)7-5-17/h16-21,24-25,39-40H,4-15H2,1-3H3,(H,32,41)(H,33,37)/t16-,18-,19-,20-,21+,24-,25+/m0/s1. The quantitative estimate of drug-likeness (QED) is 0.329. The number of halogens is 2. The van der Waals surface area contributed by atoms with Gasteiger partial charge in [-0.3, -0.25) is 24.1 Å². The van der Waals surface area contributed by atoms with Crippen molar-refractivity contribution in [2.24, 2.45) is 5.41 Å². The molecule has 1 saturated carbocycles. The van der Waals surface area contributed by atoms with Gasteiger partial charge in [0.15, 0.2) is 0 Å². The first-order chi connectivity index (χ1) is 20.1. The molecule has 14 heteroatoms. The number of carbonyl (C=O) groups is 4. The Hall–Kier alpha value is -2.42. The number of hydrogen-bond donors (Lipinski definition) is 4. The van der Waals surface area contributed by atoms with Gasteiger partial charge in [-0.1, -0.05) is 20.8 Å². The van der Waals surface area contributed by atoms with E-state index in [4.69, 9.17) is 4.74 Å². The van der Waals surface area contributed by atoms with Gasteiger partial charge in [-0.05, 0) is 24.7 Å². The highest BCUT2D eigenvalue weighted by molar-refractivity contribution is 5.90. The van der Waals surface area contributed by atoms with Crippen LogP contribution in [0.1, 0.15) is 65.7 Å². The zero-order valence-electron chi connectivity index (χ0n) is 25.1. The average Bonchev–Trinajstić information content (AvgIpc) is 3.45. The van der Waals surface area contributed by atoms with E-state index in [0.717, 1.165) is 0 Å². The van der Waals surface area contributed by atoms with Crippen molar-refractivity contribution >= 4 is 23.6 Å². The van der Waals surface area contributed by atoms with Crippen LogP contribution in [0.25, 0.3) is 0 Å². The Labute approximate surface area is 250 Å². The molecule has 4 aliphatic heterocycles. The van der Waals surface area contributed by atoms with Gasteiger partial charge in [-0.25, -0.2) is 8.78 Å². The Bertz CT molecular complexity index is 1090. The van der Waals surface area contributed by atoms with Crippen molar-refractivity contribution in [2.75, 3.05) is 32.7 Å². The van der Waals surface area contributed by atoms with Gasteiger partial charge >= 0.3 is 0 Å². The van der Waals surface area contributed by atoms with Gasteiger partial charge in [0.2, 0.25) is 29.6 Å². The Morgan fingerprint density at radius 3 is 2.37 bits per heavy atom. The smallest absolute Gasteiger partial charge is 0.248 e. The predicted octanol–water partition coefficient (Wildman–Crippen LogP) is -0.392. The number of carbonyl (C=O) groups excluding carboxylic acids is 4. The second-order valence-corrected chi connectivity index (χ2v) is 14.1. The van der Waals surface area contributed by atoms with E-state index >= 15 is 0 Å². The first kappa shape index (κ1) is 32.0. The van der Waals surface area contributed by atoms with Crippen molar-refractivity contribution in [1.29, 1.82) is 0 Å². The molecule has 0 radical (unpaired) electrons. The lowest BCUT2D eigenvalue weighted by molar-refractivity contribution is -0.152. The van der Waals surface area contributed by atoms with Gasteiger partial charge in [0.25, 0.3) is 0 Å². The molecule has 6 bridgehead atoms. The van der Waals surface area contributed by atoms with Crippen LogP contribution in [0.4, 0.5) is 8.78 Å². The molecular formula is C29H45F2N5O7. The lowest BCUT2D eigenvalue weighted by Gasteiger charge is -2.44. The van der Waals surface area contributed by atoms with Crippen LogP contribution in [0.2, 0.25) is 0 Å². The van der Waals surface area contributed by atoms with Gasteiger partial charge in [-0.2, -0.15) is 0 Å². The number of rotatable bonds is 2. The summed E-state index contributed by atoms with van der Waals surface area (Å²) >= 11 is 0. The number of hydrogen-bond acceptors (Lipinski definition) is 8. The number of aliphatic hydroxyl groups is 2. The summed E-state index contributed by atoms with van der Waals surface area (Å²) in [6, 6.07) is -2.37. The van der Waals surface area contributed by atoms with Crippen LogP contribution in [0, 0.1) is 5.41 Å². The molecule has 0 unspecified atom stereocenters. The minimum Gasteiger partial charge on any atom is -0.388 e. The highest BCUT2D eigenvalue weighted by Crippen LogP contribution is 2.38. The normalized spacial score (nSPS) is 36.4. The molecule has 242 valence electrons. The summed E-state index contributed by atoms with van der Waals surface area (Å²) in [5.41, 5.74) is -0.327. The topological polar surface area (TPSA) is 152 Å². The Morgan fingerprint density at radius 2 is 1.70 bits per heavy atom. The first-order valence-corrected chi connectivity index (χ1v) is 15.4. The highest BCUT2D eigenvalue weighted by Gasteiger charge is 2.49. The van der Waals surface area contributed by atoms with Crippen LogP contribution in [-0.2, 0) is 23.9 Å². The Morgan fingerprint density at radius 1 is 1.02 bits per heavy atom. The van der Waals surface area contributed by atoms with Gasteiger partial charge in [0.05, 0.1) is 25.1 Å². The summed E-state index contributed by atoms with van der Waals surface area (Å²) in [5.74, 6) is -4.15. The molecule has 0 spiro atoms. The molecule has 4 saturated heterocycles. The zero-order chi connectivity index (χ0) is 31.3. The Balaban J connectivity index is 1.42. The van der Waals surface area contributed by atoms with Crippen molar-refractivity contribution in [3.05, 3.63) is 0 Å². The fraction of sp³-hybridized carbons (Fsp3) is 0.862. The predicted molar refractivity (Wildman–Crippen MR) is 149 cm³/mol. The molecule has 4 heterocycles. The lowest BCUT2D eigenvalue weighted by Crippen LogP contribution is -2.64. The summed E-state index contributed by atoms with van der Waals surface area (Å²) in [6.07, 6.45) is -4.55.